The lowest BCUT2D eigenvalue weighted by molar-refractivity contribution is -0.141. The number of hydrogen-bond acceptors (Lipinski definition) is 6. The predicted molar refractivity (Wildman–Crippen MR) is 169 cm³/mol. The normalized spacial score (nSPS) is 23.1. The monoisotopic (exact) mass is 684 g/mol. The van der Waals surface area contributed by atoms with Crippen LogP contribution >= 0.6 is 31.9 Å². The van der Waals surface area contributed by atoms with Gasteiger partial charge in [-0.25, -0.2) is 0 Å². The van der Waals surface area contributed by atoms with E-state index in [9.17, 15) is 4.79 Å². The van der Waals surface area contributed by atoms with Crippen molar-refractivity contribution < 1.29 is 14.3 Å². The molecule has 0 spiro atoms. The second-order valence-electron chi connectivity index (χ2n) is 10.9. The van der Waals surface area contributed by atoms with E-state index in [0.29, 0.717) is 24.6 Å². The van der Waals surface area contributed by atoms with Gasteiger partial charge in [-0.2, -0.15) is 0 Å². The lowest BCUT2D eigenvalue weighted by atomic mass is 9.95. The third-order valence-electron chi connectivity index (χ3n) is 7.92. The van der Waals surface area contributed by atoms with Crippen LogP contribution in [0, 0.1) is 0 Å². The molecular formula is C32H38Br2N4O3. The Labute approximate surface area is 259 Å². The van der Waals surface area contributed by atoms with E-state index in [1.54, 1.807) is 7.11 Å². The molecule has 218 valence electrons. The first-order valence-electron chi connectivity index (χ1n) is 14.2. The van der Waals surface area contributed by atoms with Gasteiger partial charge in [-0.1, -0.05) is 63.0 Å². The maximum atomic E-state index is 14.9. The highest BCUT2D eigenvalue weighted by Gasteiger charge is 2.54. The number of nitrogens with one attached hydrogen (secondary N) is 2. The van der Waals surface area contributed by atoms with Crippen molar-refractivity contribution in [2.45, 2.75) is 44.6 Å². The van der Waals surface area contributed by atoms with E-state index in [1.807, 2.05) is 61.2 Å². The van der Waals surface area contributed by atoms with Crippen molar-refractivity contribution in [1.82, 2.24) is 20.4 Å². The summed E-state index contributed by atoms with van der Waals surface area (Å²) in [6.45, 7) is 10.2. The van der Waals surface area contributed by atoms with Gasteiger partial charge in [0, 0.05) is 46.8 Å². The van der Waals surface area contributed by atoms with Crippen LogP contribution in [0.25, 0.3) is 0 Å². The Kier molecular flexibility index (Phi) is 9.40. The van der Waals surface area contributed by atoms with E-state index in [1.165, 1.54) is 0 Å². The Balaban J connectivity index is 1.66. The number of rotatable bonds is 8. The molecule has 2 N–H and O–H groups in total. The number of likely N-dealkylation sites (N-methyl/N-ethyl adjacent to an activating group) is 1. The van der Waals surface area contributed by atoms with Crippen LogP contribution in [0.1, 0.15) is 49.5 Å². The van der Waals surface area contributed by atoms with Gasteiger partial charge < -0.3 is 19.3 Å². The molecule has 0 aliphatic carbocycles. The van der Waals surface area contributed by atoms with Crippen LogP contribution in [0.4, 0.5) is 0 Å². The lowest BCUT2D eigenvalue weighted by Crippen LogP contribution is -2.62. The minimum absolute atomic E-state index is 0.00579. The highest BCUT2D eigenvalue weighted by molar-refractivity contribution is 9.10. The quantitative estimate of drug-likeness (QED) is 0.304. The number of hydrogen-bond donors (Lipinski definition) is 2. The summed E-state index contributed by atoms with van der Waals surface area (Å²) in [4.78, 5) is 19.2. The fraction of sp³-hybridized carbons (Fsp3) is 0.406. The summed E-state index contributed by atoms with van der Waals surface area (Å²) in [5, 5.41) is 7.66. The summed E-state index contributed by atoms with van der Waals surface area (Å²) in [7, 11) is 1.64. The standard InChI is InChI=1S/C32H38Br2N4O3/c1-5-37-16-18-38(19-17-37)31(39)32(27-15-14-26(40-4)20-28(27)41-21(2)3)35-29(22-6-10-24(33)11-7-22)30(36-32)23-8-12-25(34)13-9-23/h6-15,20-21,29-30,35-36H,5,16-19H2,1-4H3. The molecule has 0 saturated carbocycles. The largest absolute Gasteiger partial charge is 0.497 e. The number of amides is 1. The molecular weight excluding hydrogens is 648 g/mol. The summed E-state index contributed by atoms with van der Waals surface area (Å²) in [5.74, 6) is 1.29. The van der Waals surface area contributed by atoms with Crippen LogP contribution in [0.3, 0.4) is 0 Å². The molecule has 2 heterocycles. The Morgan fingerprint density at radius 3 is 1.90 bits per heavy atom. The zero-order valence-corrected chi connectivity index (χ0v) is 27.2. The van der Waals surface area contributed by atoms with Gasteiger partial charge in [-0.05, 0) is 67.9 Å². The number of methoxy groups -OCH3 is 1. The van der Waals surface area contributed by atoms with Crippen molar-refractivity contribution >= 4 is 37.8 Å². The van der Waals surface area contributed by atoms with Crippen molar-refractivity contribution in [3.8, 4) is 11.5 Å². The highest BCUT2D eigenvalue weighted by atomic mass is 79.9. The first kappa shape index (κ1) is 30.0. The Bertz CT molecular complexity index is 1290. The predicted octanol–water partition coefficient (Wildman–Crippen LogP) is 6.00. The zero-order valence-electron chi connectivity index (χ0n) is 24.0. The second kappa shape index (κ2) is 12.8. The number of halogens is 2. The topological polar surface area (TPSA) is 66.1 Å². The van der Waals surface area contributed by atoms with Crippen LogP contribution in [0.15, 0.2) is 75.7 Å². The Morgan fingerprint density at radius 1 is 0.902 bits per heavy atom. The smallest absolute Gasteiger partial charge is 0.262 e. The van der Waals surface area contributed by atoms with Gasteiger partial charge in [0.2, 0.25) is 0 Å². The van der Waals surface area contributed by atoms with E-state index >= 15 is 0 Å². The third kappa shape index (κ3) is 6.34. The van der Waals surface area contributed by atoms with Crippen molar-refractivity contribution in [2.75, 3.05) is 39.8 Å². The molecule has 2 aliphatic rings. The highest BCUT2D eigenvalue weighted by Crippen LogP contribution is 2.45. The number of carbonyl (C=O) groups excluding carboxylic acids is 1. The van der Waals surface area contributed by atoms with Gasteiger partial charge in [0.15, 0.2) is 5.66 Å². The van der Waals surface area contributed by atoms with Gasteiger partial charge in [0.05, 0.1) is 25.3 Å². The maximum absolute atomic E-state index is 14.9. The van der Waals surface area contributed by atoms with Crippen LogP contribution in [0.2, 0.25) is 0 Å². The van der Waals surface area contributed by atoms with Gasteiger partial charge in [0.1, 0.15) is 11.5 Å². The number of piperazine rings is 1. The zero-order chi connectivity index (χ0) is 29.1. The molecule has 2 fully saturated rings. The van der Waals surface area contributed by atoms with Gasteiger partial charge in [-0.3, -0.25) is 15.4 Å². The molecule has 0 bridgehead atoms. The molecule has 2 unspecified atom stereocenters. The molecule has 1 amide bonds. The van der Waals surface area contributed by atoms with Crippen molar-refractivity contribution in [3.63, 3.8) is 0 Å². The molecule has 41 heavy (non-hydrogen) atoms. The fourth-order valence-electron chi connectivity index (χ4n) is 5.76. The molecule has 2 saturated heterocycles. The minimum atomic E-state index is -1.24. The summed E-state index contributed by atoms with van der Waals surface area (Å²) < 4.78 is 13.9. The second-order valence-corrected chi connectivity index (χ2v) is 12.7. The molecule has 2 aliphatic heterocycles. The molecule has 0 aromatic heterocycles. The van der Waals surface area contributed by atoms with E-state index in [0.717, 1.165) is 45.3 Å². The first-order valence-corrected chi connectivity index (χ1v) is 15.8. The fourth-order valence-corrected chi connectivity index (χ4v) is 6.28. The molecule has 0 radical (unpaired) electrons. The van der Waals surface area contributed by atoms with E-state index < -0.39 is 5.66 Å². The average Bonchev–Trinajstić information content (AvgIpc) is 3.39. The Hall–Kier alpha value is -2.43. The van der Waals surface area contributed by atoms with Crippen LogP contribution < -0.4 is 20.1 Å². The number of ether oxygens (including phenoxy) is 2. The number of nitrogens with zero attached hydrogens (tertiary/aromatic N) is 2. The number of benzene rings is 3. The first-order chi connectivity index (χ1) is 19.7. The summed E-state index contributed by atoms with van der Waals surface area (Å²) in [5.41, 5.74) is 1.68. The molecule has 3 aromatic rings. The lowest BCUT2D eigenvalue weighted by Gasteiger charge is -2.40. The van der Waals surface area contributed by atoms with Gasteiger partial charge >= 0.3 is 0 Å². The molecule has 7 nitrogen and oxygen atoms in total. The van der Waals surface area contributed by atoms with Crippen molar-refractivity contribution in [1.29, 1.82) is 0 Å². The van der Waals surface area contributed by atoms with Crippen LogP contribution in [-0.2, 0) is 10.5 Å². The van der Waals surface area contributed by atoms with Crippen LogP contribution in [0.5, 0.6) is 11.5 Å². The van der Waals surface area contributed by atoms with E-state index in [2.05, 4.69) is 78.6 Å². The minimum Gasteiger partial charge on any atom is -0.497 e. The summed E-state index contributed by atoms with van der Waals surface area (Å²) in [6.07, 6.45) is -0.0907. The summed E-state index contributed by atoms with van der Waals surface area (Å²) in [6, 6.07) is 21.9. The van der Waals surface area contributed by atoms with E-state index in [4.69, 9.17) is 9.47 Å². The Morgan fingerprint density at radius 2 is 1.44 bits per heavy atom. The molecule has 3 aromatic carbocycles. The van der Waals surface area contributed by atoms with Crippen LogP contribution in [-0.4, -0.2) is 61.6 Å². The van der Waals surface area contributed by atoms with Gasteiger partial charge in [-0.15, -0.1) is 0 Å². The van der Waals surface area contributed by atoms with Gasteiger partial charge in [0.25, 0.3) is 5.91 Å². The number of carbonyl (C=O) groups is 1. The molecule has 2 atom stereocenters. The summed E-state index contributed by atoms with van der Waals surface area (Å²) >= 11 is 7.16. The van der Waals surface area contributed by atoms with Crippen molar-refractivity contribution in [3.05, 3.63) is 92.4 Å². The average molecular weight is 686 g/mol. The van der Waals surface area contributed by atoms with Crippen molar-refractivity contribution in [2.24, 2.45) is 0 Å². The molecule has 9 heteroatoms. The van der Waals surface area contributed by atoms with E-state index in [-0.39, 0.29) is 24.1 Å². The molecule has 5 rings (SSSR count). The SMILES string of the molecule is CCN1CCN(C(=O)C2(c3ccc(OC)cc3OC(C)C)NC(c3ccc(Br)cc3)C(c3ccc(Br)cc3)N2)CC1. The maximum Gasteiger partial charge on any atom is 0.262 e. The third-order valence-corrected chi connectivity index (χ3v) is 8.98.